The molecule has 8 nitrogen and oxygen atoms in total. The second-order valence-corrected chi connectivity index (χ2v) is 12.0. The van der Waals surface area contributed by atoms with Gasteiger partial charge in [-0.05, 0) is 96.6 Å². The second-order valence-electron chi connectivity index (χ2n) is 12.0. The number of ether oxygens (including phenoxy) is 3. The highest BCUT2D eigenvalue weighted by molar-refractivity contribution is 5.85. The Balaban J connectivity index is 0.000000223. The fourth-order valence-electron chi connectivity index (χ4n) is 4.68. The molecule has 2 saturated heterocycles. The number of carbonyl (C=O) groups is 2. The lowest BCUT2D eigenvalue weighted by Crippen LogP contribution is -2.46. The molecule has 3 aliphatic heterocycles. The van der Waals surface area contributed by atoms with E-state index < -0.39 is 11.2 Å². The summed E-state index contributed by atoms with van der Waals surface area (Å²) in [6, 6.07) is 4.73. The van der Waals surface area contributed by atoms with Crippen LogP contribution in [-0.4, -0.2) is 72.7 Å². The van der Waals surface area contributed by atoms with Gasteiger partial charge in [-0.2, -0.15) is 0 Å². The number of amides is 2. The summed E-state index contributed by atoms with van der Waals surface area (Å²) in [6.45, 7) is 13.8. The quantitative estimate of drug-likeness (QED) is 0.394. The number of hydrogen-bond acceptors (Lipinski definition) is 6. The predicted octanol–water partition coefficient (Wildman–Crippen LogP) is 6.36. The van der Waals surface area contributed by atoms with Crippen molar-refractivity contribution in [2.24, 2.45) is 4.99 Å². The van der Waals surface area contributed by atoms with Crippen LogP contribution in [0.15, 0.2) is 35.0 Å². The maximum absolute atomic E-state index is 13.6. The molecule has 9 heteroatoms. The summed E-state index contributed by atoms with van der Waals surface area (Å²) in [6.07, 6.45) is 6.41. The fourth-order valence-corrected chi connectivity index (χ4v) is 4.68. The van der Waals surface area contributed by atoms with E-state index in [1.54, 1.807) is 35.3 Å². The lowest BCUT2D eigenvalue weighted by molar-refractivity contribution is 0.0189. The van der Waals surface area contributed by atoms with Crippen LogP contribution in [-0.2, 0) is 19.6 Å². The average molecular weight is 532 g/mol. The highest BCUT2D eigenvalue weighted by Gasteiger charge is 2.41. The zero-order chi connectivity index (χ0) is 28.1. The third kappa shape index (κ3) is 7.95. The fraction of sp³-hybridized carbons (Fsp3) is 0.621. The van der Waals surface area contributed by atoms with Crippen molar-refractivity contribution in [3.8, 4) is 0 Å². The van der Waals surface area contributed by atoms with Crippen LogP contribution in [0, 0.1) is 5.82 Å². The molecule has 210 valence electrons. The molecule has 3 heterocycles. The Morgan fingerprint density at radius 2 is 1.45 bits per heavy atom. The first-order valence-corrected chi connectivity index (χ1v) is 13.2. The number of rotatable bonds is 1. The molecule has 38 heavy (non-hydrogen) atoms. The summed E-state index contributed by atoms with van der Waals surface area (Å²) in [5.41, 5.74) is 1.89. The normalized spacial score (nSPS) is 18.4. The summed E-state index contributed by atoms with van der Waals surface area (Å²) < 4.78 is 29.2. The topological polar surface area (TPSA) is 80.7 Å². The smallest absolute Gasteiger partial charge is 0.410 e. The lowest BCUT2D eigenvalue weighted by atomic mass is 9.74. The Hall–Kier alpha value is -3.10. The van der Waals surface area contributed by atoms with Gasteiger partial charge in [0.2, 0.25) is 0 Å². The van der Waals surface area contributed by atoms with Crippen LogP contribution in [0.4, 0.5) is 19.7 Å². The van der Waals surface area contributed by atoms with Crippen molar-refractivity contribution in [2.75, 3.05) is 33.3 Å². The standard InChI is InChI=1S/C17H21FN2O2.C12H21NO3/c1-16(2,3)22-15(21)20-8-6-17(7-9-20)11-19-14-5-4-12(18)10-13(14)17;1-12(2,3)16-11(14)13-7-5-10(6-8-13)9-15-4/h4-5,10-11H,6-9H2,1-3H3;9H,5-8H2,1-4H3. The van der Waals surface area contributed by atoms with Crippen LogP contribution in [0.3, 0.4) is 0 Å². The molecule has 1 aromatic carbocycles. The molecule has 2 fully saturated rings. The maximum atomic E-state index is 13.6. The van der Waals surface area contributed by atoms with Crippen molar-refractivity contribution < 1.29 is 28.2 Å². The molecule has 0 N–H and O–H groups in total. The van der Waals surface area contributed by atoms with Gasteiger partial charge in [-0.3, -0.25) is 4.99 Å². The second kappa shape index (κ2) is 11.7. The Morgan fingerprint density at radius 3 is 1.95 bits per heavy atom. The van der Waals surface area contributed by atoms with Gasteiger partial charge in [-0.15, -0.1) is 0 Å². The zero-order valence-electron chi connectivity index (χ0n) is 23.8. The number of benzene rings is 1. The summed E-state index contributed by atoms with van der Waals surface area (Å²) in [4.78, 5) is 31.8. The maximum Gasteiger partial charge on any atom is 0.410 e. The van der Waals surface area contributed by atoms with Crippen molar-refractivity contribution in [3.63, 3.8) is 0 Å². The first-order chi connectivity index (χ1) is 17.7. The number of nitrogens with zero attached hydrogens (tertiary/aromatic N) is 3. The van der Waals surface area contributed by atoms with Crippen molar-refractivity contribution in [3.05, 3.63) is 41.4 Å². The molecular formula is C29H42FN3O5. The van der Waals surface area contributed by atoms with Gasteiger partial charge in [0.15, 0.2) is 0 Å². The van der Waals surface area contributed by atoms with Gasteiger partial charge in [0.1, 0.15) is 17.0 Å². The van der Waals surface area contributed by atoms with Gasteiger partial charge in [-0.25, -0.2) is 14.0 Å². The minimum Gasteiger partial charge on any atom is -0.504 e. The number of piperidine rings is 2. The van der Waals surface area contributed by atoms with Gasteiger partial charge >= 0.3 is 12.2 Å². The molecule has 0 aromatic heterocycles. The van der Waals surface area contributed by atoms with Crippen LogP contribution in [0.5, 0.6) is 0 Å². The molecule has 0 aliphatic carbocycles. The lowest BCUT2D eigenvalue weighted by Gasteiger charge is -2.38. The van der Waals surface area contributed by atoms with E-state index in [0.717, 1.165) is 36.9 Å². The first-order valence-electron chi connectivity index (χ1n) is 13.2. The minimum absolute atomic E-state index is 0.219. The van der Waals surface area contributed by atoms with Crippen molar-refractivity contribution >= 4 is 24.1 Å². The minimum atomic E-state index is -0.489. The Labute approximate surface area is 225 Å². The molecule has 1 aromatic rings. The van der Waals surface area contributed by atoms with Crippen LogP contribution in [0.25, 0.3) is 0 Å². The van der Waals surface area contributed by atoms with Crippen molar-refractivity contribution in [1.29, 1.82) is 0 Å². The number of hydrogen-bond donors (Lipinski definition) is 0. The SMILES string of the molecule is CC(C)(C)OC(=O)N1CCC2(C=Nc3ccc(F)cc32)CC1.COC=C1CCN(C(=O)OC(C)(C)C)CC1. The number of methoxy groups -OCH3 is 1. The molecule has 3 aliphatic rings. The van der Waals surface area contributed by atoms with Gasteiger partial charge in [-0.1, -0.05) is 0 Å². The average Bonchev–Trinajstić information content (AvgIpc) is 3.15. The summed E-state index contributed by atoms with van der Waals surface area (Å²) >= 11 is 0. The zero-order valence-corrected chi connectivity index (χ0v) is 23.8. The third-order valence-corrected chi connectivity index (χ3v) is 6.60. The van der Waals surface area contributed by atoms with Crippen LogP contribution >= 0.6 is 0 Å². The number of halogens is 1. The van der Waals surface area contributed by atoms with E-state index in [9.17, 15) is 14.0 Å². The molecule has 0 radical (unpaired) electrons. The van der Waals surface area contributed by atoms with E-state index in [0.29, 0.717) is 26.2 Å². The number of fused-ring (bicyclic) bond motifs is 2. The molecule has 0 saturated carbocycles. The number of likely N-dealkylation sites (tertiary alicyclic amines) is 2. The Kier molecular flexibility index (Phi) is 9.10. The van der Waals surface area contributed by atoms with Gasteiger partial charge < -0.3 is 24.0 Å². The largest absolute Gasteiger partial charge is 0.504 e. The molecule has 1 spiro atoms. The summed E-state index contributed by atoms with van der Waals surface area (Å²) in [7, 11) is 1.65. The molecule has 4 rings (SSSR count). The predicted molar refractivity (Wildman–Crippen MR) is 145 cm³/mol. The van der Waals surface area contributed by atoms with Crippen molar-refractivity contribution in [2.45, 2.75) is 83.8 Å². The van der Waals surface area contributed by atoms with E-state index in [1.165, 1.54) is 11.6 Å². The van der Waals surface area contributed by atoms with E-state index in [2.05, 4.69) is 4.99 Å². The summed E-state index contributed by atoms with van der Waals surface area (Å²) in [5.74, 6) is -0.238. The number of carbonyl (C=O) groups excluding carboxylic acids is 2. The summed E-state index contributed by atoms with van der Waals surface area (Å²) in [5, 5.41) is 0. The van der Waals surface area contributed by atoms with Crippen LogP contribution in [0.1, 0.15) is 72.8 Å². The van der Waals surface area contributed by atoms with Gasteiger partial charge in [0, 0.05) is 37.8 Å². The Bertz CT molecular complexity index is 1050. The van der Waals surface area contributed by atoms with Crippen molar-refractivity contribution in [1.82, 2.24) is 9.80 Å². The molecule has 2 amide bonds. The van der Waals surface area contributed by atoms with Crippen LogP contribution < -0.4 is 0 Å². The van der Waals surface area contributed by atoms with E-state index in [1.807, 2.05) is 47.8 Å². The molecule has 0 bridgehead atoms. The molecule has 0 unspecified atom stereocenters. The van der Waals surface area contributed by atoms with E-state index >= 15 is 0 Å². The first kappa shape index (κ1) is 29.5. The third-order valence-electron chi connectivity index (χ3n) is 6.60. The Morgan fingerprint density at radius 1 is 0.921 bits per heavy atom. The van der Waals surface area contributed by atoms with E-state index in [-0.39, 0.29) is 23.4 Å². The van der Waals surface area contributed by atoms with Gasteiger partial charge in [0.05, 0.1) is 19.1 Å². The monoisotopic (exact) mass is 531 g/mol. The van der Waals surface area contributed by atoms with Gasteiger partial charge in [0.25, 0.3) is 0 Å². The highest BCUT2D eigenvalue weighted by atomic mass is 19.1. The van der Waals surface area contributed by atoms with E-state index in [4.69, 9.17) is 14.2 Å². The number of aliphatic imine (C=N–C) groups is 1. The molecule has 0 atom stereocenters. The molecular weight excluding hydrogens is 489 g/mol. The highest BCUT2D eigenvalue weighted by Crippen LogP contribution is 2.44. The van der Waals surface area contributed by atoms with Crippen LogP contribution in [0.2, 0.25) is 0 Å².